The van der Waals surface area contributed by atoms with Gasteiger partial charge in [0.25, 0.3) is 0 Å². The van der Waals surface area contributed by atoms with E-state index in [1.54, 1.807) is 18.2 Å². The van der Waals surface area contributed by atoms with Gasteiger partial charge in [0.1, 0.15) is 12.4 Å². The van der Waals surface area contributed by atoms with Gasteiger partial charge in [-0.3, -0.25) is 4.79 Å². The topological polar surface area (TPSA) is 83.8 Å². The molecule has 0 fully saturated rings. The van der Waals surface area contributed by atoms with Gasteiger partial charge < -0.3 is 14.9 Å². The zero-order valence-corrected chi connectivity index (χ0v) is 10.7. The van der Waals surface area contributed by atoms with E-state index in [1.165, 1.54) is 6.92 Å². The number of aliphatic carboxylic acids is 1. The average Bonchev–Trinajstić information content (AvgIpc) is 2.36. The van der Waals surface area contributed by atoms with Crippen LogP contribution in [0.5, 0.6) is 5.75 Å². The lowest BCUT2D eigenvalue weighted by Gasteiger charge is -2.20. The molecule has 1 aromatic carbocycles. The monoisotopic (exact) mass is 264 g/mol. The molecule has 19 heavy (non-hydrogen) atoms. The van der Waals surface area contributed by atoms with Crippen LogP contribution >= 0.6 is 0 Å². The van der Waals surface area contributed by atoms with Crippen LogP contribution in [0.4, 0.5) is 0 Å². The summed E-state index contributed by atoms with van der Waals surface area (Å²) in [5, 5.41) is 18.3. The minimum atomic E-state index is -1.92. The van der Waals surface area contributed by atoms with Gasteiger partial charge in [-0.15, -0.1) is 0 Å². The highest BCUT2D eigenvalue weighted by Gasteiger charge is 2.31. The summed E-state index contributed by atoms with van der Waals surface area (Å²) in [7, 11) is 0. The van der Waals surface area contributed by atoms with E-state index in [2.05, 4.69) is 0 Å². The van der Waals surface area contributed by atoms with E-state index in [0.717, 1.165) is 18.4 Å². The largest absolute Gasteiger partial charge is 0.490 e. The van der Waals surface area contributed by atoms with Crippen molar-refractivity contribution in [2.45, 2.75) is 31.8 Å². The third kappa shape index (κ3) is 2.93. The molecule has 102 valence electrons. The number of aliphatic hydroxyl groups is 1. The number of fused-ring (bicyclic) bond motifs is 1. The zero-order chi connectivity index (χ0) is 14.0. The number of carbonyl (C=O) groups is 2. The molecular weight excluding hydrogens is 248 g/mol. The summed E-state index contributed by atoms with van der Waals surface area (Å²) >= 11 is 0. The number of carboxylic acids is 1. The predicted molar refractivity (Wildman–Crippen MR) is 67.5 cm³/mol. The van der Waals surface area contributed by atoms with Crippen molar-refractivity contribution in [3.63, 3.8) is 0 Å². The SMILES string of the molecule is CC(O)(COc1ccc2c(c1)CCCC2=O)C(=O)O. The van der Waals surface area contributed by atoms with Crippen LogP contribution in [-0.4, -0.2) is 34.2 Å². The summed E-state index contributed by atoms with van der Waals surface area (Å²) in [6.07, 6.45) is 2.21. The Morgan fingerprint density at radius 1 is 1.42 bits per heavy atom. The van der Waals surface area contributed by atoms with Gasteiger partial charge in [-0.05, 0) is 43.5 Å². The van der Waals surface area contributed by atoms with Crippen molar-refractivity contribution in [2.24, 2.45) is 0 Å². The van der Waals surface area contributed by atoms with Crippen LogP contribution in [0.3, 0.4) is 0 Å². The van der Waals surface area contributed by atoms with E-state index in [-0.39, 0.29) is 12.4 Å². The summed E-state index contributed by atoms with van der Waals surface area (Å²) in [6.45, 7) is 0.840. The van der Waals surface area contributed by atoms with Gasteiger partial charge in [0.2, 0.25) is 0 Å². The van der Waals surface area contributed by atoms with Crippen molar-refractivity contribution >= 4 is 11.8 Å². The normalized spacial score (nSPS) is 17.5. The molecule has 1 unspecified atom stereocenters. The molecule has 0 radical (unpaired) electrons. The minimum Gasteiger partial charge on any atom is -0.490 e. The average molecular weight is 264 g/mol. The first-order valence-corrected chi connectivity index (χ1v) is 6.15. The van der Waals surface area contributed by atoms with Crippen LogP contribution in [-0.2, 0) is 11.2 Å². The number of rotatable bonds is 4. The number of hydrogen-bond acceptors (Lipinski definition) is 4. The van der Waals surface area contributed by atoms with Crippen molar-refractivity contribution in [3.8, 4) is 5.75 Å². The fourth-order valence-corrected chi connectivity index (χ4v) is 2.00. The van der Waals surface area contributed by atoms with E-state index in [0.29, 0.717) is 17.7 Å². The van der Waals surface area contributed by atoms with Crippen LogP contribution in [0.1, 0.15) is 35.7 Å². The predicted octanol–water partition coefficient (Wildman–Crippen LogP) is 1.42. The van der Waals surface area contributed by atoms with Gasteiger partial charge in [0.05, 0.1) is 0 Å². The third-order valence-corrected chi connectivity index (χ3v) is 3.21. The quantitative estimate of drug-likeness (QED) is 0.859. The molecule has 0 heterocycles. The molecule has 1 aliphatic carbocycles. The molecule has 0 bridgehead atoms. The number of aryl methyl sites for hydroxylation is 1. The summed E-state index contributed by atoms with van der Waals surface area (Å²) in [4.78, 5) is 22.4. The smallest absolute Gasteiger partial charge is 0.339 e. The van der Waals surface area contributed by atoms with Gasteiger partial charge in [-0.1, -0.05) is 0 Å². The Balaban J connectivity index is 2.11. The maximum Gasteiger partial charge on any atom is 0.339 e. The first kappa shape index (κ1) is 13.5. The van der Waals surface area contributed by atoms with Gasteiger partial charge in [-0.25, -0.2) is 4.79 Å². The maximum atomic E-state index is 11.6. The van der Waals surface area contributed by atoms with Crippen LogP contribution < -0.4 is 4.74 Å². The van der Waals surface area contributed by atoms with Crippen molar-refractivity contribution in [2.75, 3.05) is 6.61 Å². The van der Waals surface area contributed by atoms with E-state index in [9.17, 15) is 14.7 Å². The third-order valence-electron chi connectivity index (χ3n) is 3.21. The lowest BCUT2D eigenvalue weighted by atomic mass is 9.90. The number of carboxylic acid groups (broad SMARTS) is 1. The molecular formula is C14H16O5. The lowest BCUT2D eigenvalue weighted by Crippen LogP contribution is -2.41. The lowest BCUT2D eigenvalue weighted by molar-refractivity contribution is -0.159. The second kappa shape index (κ2) is 5.01. The molecule has 2 N–H and O–H groups in total. The van der Waals surface area contributed by atoms with Gasteiger partial charge in [0, 0.05) is 12.0 Å². The zero-order valence-electron chi connectivity index (χ0n) is 10.7. The van der Waals surface area contributed by atoms with Crippen LogP contribution in [0.15, 0.2) is 18.2 Å². The number of ketones is 1. The highest BCUT2D eigenvalue weighted by atomic mass is 16.5. The van der Waals surface area contributed by atoms with Crippen molar-refractivity contribution in [1.29, 1.82) is 0 Å². The Labute approximate surface area is 110 Å². The van der Waals surface area contributed by atoms with Crippen LogP contribution in [0.25, 0.3) is 0 Å². The van der Waals surface area contributed by atoms with Crippen molar-refractivity contribution in [1.82, 2.24) is 0 Å². The first-order valence-electron chi connectivity index (χ1n) is 6.15. The van der Waals surface area contributed by atoms with Crippen molar-refractivity contribution in [3.05, 3.63) is 29.3 Å². The number of hydrogen-bond donors (Lipinski definition) is 2. The highest BCUT2D eigenvalue weighted by Crippen LogP contribution is 2.25. The van der Waals surface area contributed by atoms with E-state index in [1.807, 2.05) is 0 Å². The Kier molecular flexibility index (Phi) is 3.57. The van der Waals surface area contributed by atoms with E-state index >= 15 is 0 Å². The molecule has 0 saturated heterocycles. The van der Waals surface area contributed by atoms with Crippen LogP contribution in [0.2, 0.25) is 0 Å². The molecule has 1 aliphatic rings. The molecule has 1 aromatic rings. The number of carbonyl (C=O) groups excluding carboxylic acids is 1. The summed E-state index contributed by atoms with van der Waals surface area (Å²) < 4.78 is 5.29. The number of ether oxygens (including phenoxy) is 1. The molecule has 0 aliphatic heterocycles. The van der Waals surface area contributed by atoms with Gasteiger partial charge >= 0.3 is 5.97 Å². The molecule has 1 atom stereocenters. The standard InChI is InChI=1S/C14H16O5/c1-14(18,13(16)17)8-19-10-5-6-11-9(7-10)3-2-4-12(11)15/h5-7,18H,2-4,8H2,1H3,(H,16,17). The second-order valence-corrected chi connectivity index (χ2v) is 4.96. The molecule has 0 aromatic heterocycles. The van der Waals surface area contributed by atoms with Crippen molar-refractivity contribution < 1.29 is 24.5 Å². The van der Waals surface area contributed by atoms with E-state index < -0.39 is 11.6 Å². The second-order valence-electron chi connectivity index (χ2n) is 4.96. The molecule has 0 saturated carbocycles. The highest BCUT2D eigenvalue weighted by molar-refractivity contribution is 5.98. The molecule has 0 amide bonds. The molecule has 5 nitrogen and oxygen atoms in total. The number of benzene rings is 1. The van der Waals surface area contributed by atoms with Crippen LogP contribution in [0, 0.1) is 0 Å². The Bertz CT molecular complexity index is 519. The number of Topliss-reactive ketones (excluding diaryl/α,β-unsaturated/α-hetero) is 1. The molecule has 0 spiro atoms. The van der Waals surface area contributed by atoms with Gasteiger partial charge in [0.15, 0.2) is 11.4 Å². The van der Waals surface area contributed by atoms with E-state index in [4.69, 9.17) is 9.84 Å². The Morgan fingerprint density at radius 3 is 2.84 bits per heavy atom. The fourth-order valence-electron chi connectivity index (χ4n) is 2.00. The Hall–Kier alpha value is -1.88. The molecule has 5 heteroatoms. The summed E-state index contributed by atoms with van der Waals surface area (Å²) in [5.41, 5.74) is -0.293. The van der Waals surface area contributed by atoms with Gasteiger partial charge in [-0.2, -0.15) is 0 Å². The minimum absolute atomic E-state index is 0.130. The molecule has 2 rings (SSSR count). The first-order chi connectivity index (χ1) is 8.90. The fraction of sp³-hybridized carbons (Fsp3) is 0.429. The maximum absolute atomic E-state index is 11.6. The summed E-state index contributed by atoms with van der Waals surface area (Å²) in [6, 6.07) is 5.06. The Morgan fingerprint density at radius 2 is 2.16 bits per heavy atom. The summed E-state index contributed by atoms with van der Waals surface area (Å²) in [5.74, 6) is -0.735.